The van der Waals surface area contributed by atoms with E-state index in [1.165, 1.54) is 11.3 Å². The minimum atomic E-state index is -1.15. The summed E-state index contributed by atoms with van der Waals surface area (Å²) < 4.78 is 0.974. The largest absolute Gasteiger partial charge is 0.480 e. The first-order chi connectivity index (χ1) is 9.11. The van der Waals surface area contributed by atoms with E-state index in [2.05, 4.69) is 5.32 Å². The van der Waals surface area contributed by atoms with E-state index in [4.69, 9.17) is 10.2 Å². The maximum atomic E-state index is 12.0. The van der Waals surface area contributed by atoms with Crippen molar-refractivity contribution in [3.05, 3.63) is 35.2 Å². The van der Waals surface area contributed by atoms with Crippen LogP contribution in [0.4, 0.5) is 0 Å². The Morgan fingerprint density at radius 3 is 2.68 bits per heavy atom. The van der Waals surface area contributed by atoms with Crippen LogP contribution in [-0.2, 0) is 4.79 Å². The van der Waals surface area contributed by atoms with Gasteiger partial charge in [-0.25, -0.2) is 4.79 Å². The molecular weight excluding hydrogens is 266 g/mol. The number of carbonyl (C=O) groups excluding carboxylic acids is 1. The molecule has 5 nitrogen and oxygen atoms in total. The van der Waals surface area contributed by atoms with Crippen molar-refractivity contribution in [1.82, 2.24) is 5.32 Å². The topological polar surface area (TPSA) is 86.6 Å². The molecule has 19 heavy (non-hydrogen) atoms. The molecule has 100 valence electrons. The molecule has 0 spiro atoms. The van der Waals surface area contributed by atoms with Gasteiger partial charge in [-0.1, -0.05) is 18.2 Å². The number of aliphatic hydroxyl groups is 1. The zero-order valence-corrected chi connectivity index (χ0v) is 10.8. The predicted molar refractivity (Wildman–Crippen MR) is 72.4 cm³/mol. The molecule has 3 N–H and O–H groups in total. The van der Waals surface area contributed by atoms with Gasteiger partial charge in [0, 0.05) is 17.7 Å². The van der Waals surface area contributed by atoms with E-state index in [1.807, 2.05) is 24.3 Å². The number of carboxylic acid groups (broad SMARTS) is 1. The molecule has 1 aromatic heterocycles. The molecule has 0 saturated heterocycles. The second kappa shape index (κ2) is 5.81. The molecule has 0 bridgehead atoms. The van der Waals surface area contributed by atoms with Gasteiger partial charge in [0.2, 0.25) is 0 Å². The fourth-order valence-electron chi connectivity index (χ4n) is 1.71. The van der Waals surface area contributed by atoms with Gasteiger partial charge in [-0.05, 0) is 17.5 Å². The Morgan fingerprint density at radius 1 is 1.32 bits per heavy atom. The second-order valence-corrected chi connectivity index (χ2v) is 5.11. The third-order valence-corrected chi connectivity index (χ3v) is 3.79. The number of benzene rings is 1. The highest BCUT2D eigenvalue weighted by Crippen LogP contribution is 2.25. The summed E-state index contributed by atoms with van der Waals surface area (Å²) in [6.07, 6.45) is -0.00797. The van der Waals surface area contributed by atoms with E-state index in [-0.39, 0.29) is 13.0 Å². The molecule has 1 heterocycles. The van der Waals surface area contributed by atoms with Crippen LogP contribution in [0.5, 0.6) is 0 Å². The van der Waals surface area contributed by atoms with Crippen molar-refractivity contribution < 1.29 is 19.8 Å². The van der Waals surface area contributed by atoms with Crippen molar-refractivity contribution >= 4 is 33.3 Å². The van der Waals surface area contributed by atoms with Crippen LogP contribution < -0.4 is 5.32 Å². The summed E-state index contributed by atoms with van der Waals surface area (Å²) in [5.74, 6) is -1.58. The van der Waals surface area contributed by atoms with Gasteiger partial charge in [-0.15, -0.1) is 11.3 Å². The summed E-state index contributed by atoms with van der Waals surface area (Å²) in [5.41, 5.74) is 0. The number of aliphatic carboxylic acids is 1. The minimum Gasteiger partial charge on any atom is -0.480 e. The van der Waals surface area contributed by atoms with Gasteiger partial charge in [0.05, 0.1) is 4.88 Å². The van der Waals surface area contributed by atoms with E-state index >= 15 is 0 Å². The predicted octanol–water partition coefficient (Wildman–Crippen LogP) is 1.47. The molecule has 0 saturated carbocycles. The fourth-order valence-corrected chi connectivity index (χ4v) is 2.68. The van der Waals surface area contributed by atoms with Crippen molar-refractivity contribution in [1.29, 1.82) is 0 Å². The lowest BCUT2D eigenvalue weighted by molar-refractivity contribution is -0.139. The number of aliphatic hydroxyl groups excluding tert-OH is 1. The lowest BCUT2D eigenvalue weighted by Gasteiger charge is -2.11. The van der Waals surface area contributed by atoms with Crippen LogP contribution in [-0.4, -0.2) is 34.7 Å². The number of carboxylic acids is 1. The van der Waals surface area contributed by atoms with Crippen LogP contribution in [0.15, 0.2) is 30.3 Å². The van der Waals surface area contributed by atoms with Crippen molar-refractivity contribution in [2.45, 2.75) is 12.5 Å². The summed E-state index contributed by atoms with van der Waals surface area (Å²) in [4.78, 5) is 23.3. The van der Waals surface area contributed by atoms with Gasteiger partial charge in [-0.3, -0.25) is 4.79 Å². The third-order valence-electron chi connectivity index (χ3n) is 2.67. The molecule has 1 atom stereocenters. The molecule has 0 fully saturated rings. The molecule has 0 unspecified atom stereocenters. The molecule has 0 aliphatic heterocycles. The number of hydrogen-bond donors (Lipinski definition) is 3. The Labute approximate surface area is 113 Å². The Morgan fingerprint density at radius 2 is 2.05 bits per heavy atom. The van der Waals surface area contributed by atoms with Crippen LogP contribution in [0.25, 0.3) is 10.1 Å². The van der Waals surface area contributed by atoms with Crippen molar-refractivity contribution in [2.75, 3.05) is 6.61 Å². The summed E-state index contributed by atoms with van der Waals surface area (Å²) in [7, 11) is 0. The molecule has 2 aromatic rings. The van der Waals surface area contributed by atoms with Crippen LogP contribution in [0.1, 0.15) is 16.1 Å². The van der Waals surface area contributed by atoms with Crippen molar-refractivity contribution in [3.63, 3.8) is 0 Å². The summed E-state index contributed by atoms with van der Waals surface area (Å²) in [5, 5.41) is 21.0. The molecule has 0 radical (unpaired) electrons. The lowest BCUT2D eigenvalue weighted by Crippen LogP contribution is -2.41. The van der Waals surface area contributed by atoms with E-state index < -0.39 is 17.9 Å². The monoisotopic (exact) mass is 279 g/mol. The normalized spacial score (nSPS) is 12.3. The van der Waals surface area contributed by atoms with Crippen LogP contribution in [0.2, 0.25) is 0 Å². The molecule has 6 heteroatoms. The Balaban J connectivity index is 2.16. The zero-order chi connectivity index (χ0) is 13.8. The number of fused-ring (bicyclic) bond motifs is 1. The molecule has 0 aliphatic carbocycles. The van der Waals surface area contributed by atoms with Crippen LogP contribution in [0.3, 0.4) is 0 Å². The lowest BCUT2D eigenvalue weighted by atomic mass is 10.2. The number of amides is 1. The Bertz CT molecular complexity index is 574. The molecule has 1 aromatic carbocycles. The second-order valence-electron chi connectivity index (χ2n) is 4.03. The van der Waals surface area contributed by atoms with Crippen LogP contribution >= 0.6 is 11.3 Å². The third kappa shape index (κ3) is 3.10. The average Bonchev–Trinajstić information content (AvgIpc) is 2.81. The summed E-state index contributed by atoms with van der Waals surface area (Å²) >= 11 is 1.31. The van der Waals surface area contributed by atoms with Crippen LogP contribution in [0, 0.1) is 0 Å². The van der Waals surface area contributed by atoms with Crippen molar-refractivity contribution in [3.8, 4) is 0 Å². The molecule has 1 amide bonds. The van der Waals surface area contributed by atoms with E-state index in [1.54, 1.807) is 6.07 Å². The first-order valence-corrected chi connectivity index (χ1v) is 6.56. The molecule has 2 rings (SSSR count). The number of rotatable bonds is 5. The quantitative estimate of drug-likeness (QED) is 0.773. The summed E-state index contributed by atoms with van der Waals surface area (Å²) in [6, 6.07) is 8.22. The highest BCUT2D eigenvalue weighted by Gasteiger charge is 2.21. The first-order valence-electron chi connectivity index (χ1n) is 5.75. The maximum absolute atomic E-state index is 12.0. The van der Waals surface area contributed by atoms with Gasteiger partial charge in [0.15, 0.2) is 0 Å². The van der Waals surface area contributed by atoms with E-state index in [9.17, 15) is 9.59 Å². The highest BCUT2D eigenvalue weighted by atomic mass is 32.1. The van der Waals surface area contributed by atoms with Gasteiger partial charge in [0.25, 0.3) is 5.91 Å². The zero-order valence-electron chi connectivity index (χ0n) is 10.00. The Kier molecular flexibility index (Phi) is 4.13. The standard InChI is InChI=1S/C13H13NO4S/c15-6-5-9(13(17)18)14-12(16)11-7-8-3-1-2-4-10(8)19-11/h1-4,7,9,15H,5-6H2,(H,14,16)(H,17,18)/t9-/m1/s1. The minimum absolute atomic E-state index is 0.00797. The SMILES string of the molecule is O=C(N[C@H](CCO)C(=O)O)c1cc2ccccc2s1. The highest BCUT2D eigenvalue weighted by molar-refractivity contribution is 7.20. The fraction of sp³-hybridized carbons (Fsp3) is 0.231. The first kappa shape index (κ1) is 13.5. The maximum Gasteiger partial charge on any atom is 0.326 e. The number of carbonyl (C=O) groups is 2. The van der Waals surface area contributed by atoms with Crippen molar-refractivity contribution in [2.24, 2.45) is 0 Å². The number of nitrogens with one attached hydrogen (secondary N) is 1. The average molecular weight is 279 g/mol. The smallest absolute Gasteiger partial charge is 0.326 e. The van der Waals surface area contributed by atoms with Gasteiger partial charge < -0.3 is 15.5 Å². The van der Waals surface area contributed by atoms with Gasteiger partial charge >= 0.3 is 5.97 Å². The molecule has 0 aliphatic rings. The van der Waals surface area contributed by atoms with E-state index in [0.717, 1.165) is 10.1 Å². The number of thiophene rings is 1. The van der Waals surface area contributed by atoms with Gasteiger partial charge in [0.1, 0.15) is 6.04 Å². The molecular formula is C13H13NO4S. The summed E-state index contributed by atoms with van der Waals surface area (Å²) in [6.45, 7) is -0.288. The number of hydrogen-bond acceptors (Lipinski definition) is 4. The Hall–Kier alpha value is -1.92. The van der Waals surface area contributed by atoms with E-state index in [0.29, 0.717) is 4.88 Å². The van der Waals surface area contributed by atoms with Gasteiger partial charge in [-0.2, -0.15) is 0 Å².